The summed E-state index contributed by atoms with van der Waals surface area (Å²) < 4.78 is 0. The lowest BCUT2D eigenvalue weighted by Crippen LogP contribution is -2.39. The van der Waals surface area contributed by atoms with E-state index >= 15 is 0 Å². The van der Waals surface area contributed by atoms with Gasteiger partial charge in [0, 0.05) is 19.0 Å². The molecule has 0 spiro atoms. The van der Waals surface area contributed by atoms with Crippen LogP contribution in [0.2, 0.25) is 0 Å². The van der Waals surface area contributed by atoms with Crippen molar-refractivity contribution in [2.75, 3.05) is 26.7 Å². The second-order valence-electron chi connectivity index (χ2n) is 5.01. The number of aliphatic carboxylic acids is 1. The summed E-state index contributed by atoms with van der Waals surface area (Å²) in [6, 6.07) is 0.309. The molecule has 1 aliphatic heterocycles. The van der Waals surface area contributed by atoms with Crippen molar-refractivity contribution in [2.45, 2.75) is 38.6 Å². The summed E-state index contributed by atoms with van der Waals surface area (Å²) in [6.45, 7) is 5.46. The average molecular weight is 228 g/mol. The SMILES string of the molecule is CC(CCC(=O)O)NCC1CCCN(C)C1. The van der Waals surface area contributed by atoms with Crippen molar-refractivity contribution in [1.29, 1.82) is 0 Å². The summed E-state index contributed by atoms with van der Waals surface area (Å²) in [5, 5.41) is 12.0. The predicted molar refractivity (Wildman–Crippen MR) is 64.6 cm³/mol. The second kappa shape index (κ2) is 6.86. The molecule has 4 heteroatoms. The fourth-order valence-electron chi connectivity index (χ4n) is 2.25. The molecule has 0 bridgehead atoms. The molecule has 0 saturated carbocycles. The number of hydrogen-bond donors (Lipinski definition) is 2. The van der Waals surface area contributed by atoms with Gasteiger partial charge in [0.25, 0.3) is 0 Å². The third-order valence-corrected chi connectivity index (χ3v) is 3.27. The lowest BCUT2D eigenvalue weighted by atomic mass is 9.98. The highest BCUT2D eigenvalue weighted by atomic mass is 16.4. The van der Waals surface area contributed by atoms with Crippen LogP contribution in [0, 0.1) is 5.92 Å². The Morgan fingerprint density at radius 3 is 3.00 bits per heavy atom. The molecule has 2 atom stereocenters. The van der Waals surface area contributed by atoms with Gasteiger partial charge in [-0.3, -0.25) is 4.79 Å². The van der Waals surface area contributed by atoms with Gasteiger partial charge in [-0.25, -0.2) is 0 Å². The highest BCUT2D eigenvalue weighted by Gasteiger charge is 2.17. The molecule has 1 rings (SSSR count). The standard InChI is InChI=1S/C12H24N2O2/c1-10(5-6-12(15)16)13-8-11-4-3-7-14(2)9-11/h10-11,13H,3-9H2,1-2H3,(H,15,16). The summed E-state index contributed by atoms with van der Waals surface area (Å²) in [7, 11) is 2.17. The Morgan fingerprint density at radius 1 is 1.62 bits per heavy atom. The van der Waals surface area contributed by atoms with Crippen molar-refractivity contribution < 1.29 is 9.90 Å². The lowest BCUT2D eigenvalue weighted by molar-refractivity contribution is -0.137. The molecule has 1 saturated heterocycles. The highest BCUT2D eigenvalue weighted by molar-refractivity contribution is 5.66. The molecule has 1 aliphatic rings. The van der Waals surface area contributed by atoms with Gasteiger partial charge in [0.1, 0.15) is 0 Å². The van der Waals surface area contributed by atoms with Crippen LogP contribution in [0.5, 0.6) is 0 Å². The summed E-state index contributed by atoms with van der Waals surface area (Å²) in [4.78, 5) is 12.8. The van der Waals surface area contributed by atoms with Gasteiger partial charge >= 0.3 is 5.97 Å². The quantitative estimate of drug-likeness (QED) is 0.716. The number of nitrogens with zero attached hydrogens (tertiary/aromatic N) is 1. The molecule has 0 aromatic rings. The molecule has 0 aromatic heterocycles. The van der Waals surface area contributed by atoms with Crippen LogP contribution in [-0.4, -0.2) is 48.7 Å². The smallest absolute Gasteiger partial charge is 0.303 e. The summed E-state index contributed by atoms with van der Waals surface area (Å²) in [6.07, 6.45) is 3.56. The van der Waals surface area contributed by atoms with Crippen molar-refractivity contribution in [3.63, 3.8) is 0 Å². The van der Waals surface area contributed by atoms with E-state index in [-0.39, 0.29) is 6.42 Å². The predicted octanol–water partition coefficient (Wildman–Crippen LogP) is 1.17. The van der Waals surface area contributed by atoms with E-state index in [4.69, 9.17) is 5.11 Å². The molecule has 16 heavy (non-hydrogen) atoms. The van der Waals surface area contributed by atoms with E-state index in [1.54, 1.807) is 0 Å². The number of carboxylic acid groups (broad SMARTS) is 1. The first-order valence-corrected chi connectivity index (χ1v) is 6.21. The van der Waals surface area contributed by atoms with E-state index < -0.39 is 5.97 Å². The second-order valence-corrected chi connectivity index (χ2v) is 5.01. The molecular weight excluding hydrogens is 204 g/mol. The van der Waals surface area contributed by atoms with E-state index in [0.29, 0.717) is 6.04 Å². The van der Waals surface area contributed by atoms with Crippen LogP contribution in [0.4, 0.5) is 0 Å². The third kappa shape index (κ3) is 5.47. The molecule has 0 aromatic carbocycles. The Balaban J connectivity index is 2.10. The van der Waals surface area contributed by atoms with Crippen molar-refractivity contribution in [2.24, 2.45) is 5.92 Å². The van der Waals surface area contributed by atoms with Gasteiger partial charge in [-0.1, -0.05) is 0 Å². The molecular formula is C12H24N2O2. The van der Waals surface area contributed by atoms with Crippen molar-refractivity contribution in [3.8, 4) is 0 Å². The lowest BCUT2D eigenvalue weighted by Gasteiger charge is -2.30. The van der Waals surface area contributed by atoms with Gasteiger partial charge in [0.05, 0.1) is 0 Å². The zero-order chi connectivity index (χ0) is 12.0. The minimum absolute atomic E-state index is 0.263. The summed E-state index contributed by atoms with van der Waals surface area (Å²) >= 11 is 0. The Morgan fingerprint density at radius 2 is 2.38 bits per heavy atom. The van der Waals surface area contributed by atoms with Gasteiger partial charge in [-0.05, 0) is 52.2 Å². The van der Waals surface area contributed by atoms with Gasteiger partial charge in [0.15, 0.2) is 0 Å². The molecule has 0 amide bonds. The Bertz CT molecular complexity index is 221. The first-order valence-electron chi connectivity index (χ1n) is 6.21. The fourth-order valence-corrected chi connectivity index (χ4v) is 2.25. The number of piperidine rings is 1. The van der Waals surface area contributed by atoms with Crippen molar-refractivity contribution in [1.82, 2.24) is 10.2 Å². The monoisotopic (exact) mass is 228 g/mol. The first kappa shape index (κ1) is 13.5. The number of carboxylic acids is 1. The molecule has 0 radical (unpaired) electrons. The molecule has 4 nitrogen and oxygen atoms in total. The van der Waals surface area contributed by atoms with Crippen LogP contribution in [0.3, 0.4) is 0 Å². The van der Waals surface area contributed by atoms with Crippen LogP contribution in [-0.2, 0) is 4.79 Å². The van der Waals surface area contributed by atoms with Gasteiger partial charge in [0.2, 0.25) is 0 Å². The van der Waals surface area contributed by atoms with E-state index in [1.165, 1.54) is 25.9 Å². The minimum Gasteiger partial charge on any atom is -0.481 e. The highest BCUT2D eigenvalue weighted by Crippen LogP contribution is 2.14. The van der Waals surface area contributed by atoms with Crippen LogP contribution in [0.25, 0.3) is 0 Å². The zero-order valence-corrected chi connectivity index (χ0v) is 10.4. The van der Waals surface area contributed by atoms with Crippen molar-refractivity contribution >= 4 is 5.97 Å². The fraction of sp³-hybridized carbons (Fsp3) is 0.917. The number of likely N-dealkylation sites (tertiary alicyclic amines) is 1. The van der Waals surface area contributed by atoms with Crippen molar-refractivity contribution in [3.05, 3.63) is 0 Å². The molecule has 1 heterocycles. The number of carbonyl (C=O) groups is 1. The average Bonchev–Trinajstić information content (AvgIpc) is 2.23. The van der Waals surface area contributed by atoms with Crippen LogP contribution in [0.1, 0.15) is 32.6 Å². The maximum Gasteiger partial charge on any atom is 0.303 e. The van der Waals surface area contributed by atoms with E-state index in [2.05, 4.69) is 24.2 Å². The Kier molecular flexibility index (Phi) is 5.77. The van der Waals surface area contributed by atoms with E-state index in [9.17, 15) is 4.79 Å². The van der Waals surface area contributed by atoms with Gasteiger partial charge in [-0.2, -0.15) is 0 Å². The summed E-state index contributed by atoms with van der Waals surface area (Å²) in [5.74, 6) is 0.0251. The topological polar surface area (TPSA) is 52.6 Å². The maximum atomic E-state index is 10.4. The molecule has 94 valence electrons. The maximum absolute atomic E-state index is 10.4. The zero-order valence-electron chi connectivity index (χ0n) is 10.4. The number of hydrogen-bond acceptors (Lipinski definition) is 3. The van der Waals surface area contributed by atoms with Gasteiger partial charge in [-0.15, -0.1) is 0 Å². The largest absolute Gasteiger partial charge is 0.481 e. The van der Waals surface area contributed by atoms with Crippen LogP contribution in [0.15, 0.2) is 0 Å². The normalized spacial score (nSPS) is 24.2. The molecule has 2 N–H and O–H groups in total. The summed E-state index contributed by atoms with van der Waals surface area (Å²) in [5.41, 5.74) is 0. The van der Waals surface area contributed by atoms with Gasteiger partial charge < -0.3 is 15.3 Å². The number of nitrogens with one attached hydrogen (secondary N) is 1. The van der Waals surface area contributed by atoms with E-state index in [0.717, 1.165) is 18.9 Å². The Hall–Kier alpha value is -0.610. The van der Waals surface area contributed by atoms with E-state index in [1.807, 2.05) is 0 Å². The minimum atomic E-state index is -0.703. The first-order chi connectivity index (χ1) is 7.58. The Labute approximate surface area is 98.0 Å². The molecule has 2 unspecified atom stereocenters. The molecule has 1 fully saturated rings. The third-order valence-electron chi connectivity index (χ3n) is 3.27. The number of rotatable bonds is 6. The molecule has 0 aliphatic carbocycles. The van der Waals surface area contributed by atoms with Crippen LogP contribution >= 0.6 is 0 Å². The van der Waals surface area contributed by atoms with Crippen LogP contribution < -0.4 is 5.32 Å².